The molecule has 0 atom stereocenters. The molecule has 0 spiro atoms. The minimum absolute atomic E-state index is 0.0363. The maximum Gasteiger partial charge on any atom is 0.253 e. The topological polar surface area (TPSA) is 49.9 Å². The predicted molar refractivity (Wildman–Crippen MR) is 105 cm³/mol. The van der Waals surface area contributed by atoms with Crippen LogP contribution in [0.4, 0.5) is 0 Å². The highest BCUT2D eigenvalue weighted by molar-refractivity contribution is 5.94. The van der Waals surface area contributed by atoms with Crippen molar-refractivity contribution >= 4 is 11.8 Å². The molecule has 0 bridgehead atoms. The minimum atomic E-state index is 0.0363. The average Bonchev–Trinajstić information content (AvgIpc) is 2.72. The van der Waals surface area contributed by atoms with Crippen LogP contribution in [0.5, 0.6) is 5.75 Å². The Morgan fingerprint density at radius 1 is 0.889 bits per heavy atom. The molecular weight excluding hydrogens is 340 g/mol. The van der Waals surface area contributed by atoms with Crippen LogP contribution in [-0.2, 0) is 4.79 Å². The molecular formula is C22H26N2O3. The van der Waals surface area contributed by atoms with Crippen molar-refractivity contribution in [2.45, 2.75) is 19.8 Å². The second-order valence-corrected chi connectivity index (χ2v) is 6.80. The van der Waals surface area contributed by atoms with E-state index in [2.05, 4.69) is 0 Å². The highest BCUT2D eigenvalue weighted by atomic mass is 16.5. The molecule has 1 aliphatic rings. The summed E-state index contributed by atoms with van der Waals surface area (Å²) in [7, 11) is 0. The van der Waals surface area contributed by atoms with E-state index in [1.807, 2.05) is 71.3 Å². The number of amides is 2. The van der Waals surface area contributed by atoms with Gasteiger partial charge in [-0.2, -0.15) is 0 Å². The first-order chi connectivity index (χ1) is 13.1. The van der Waals surface area contributed by atoms with Crippen LogP contribution < -0.4 is 4.74 Å². The zero-order valence-electron chi connectivity index (χ0n) is 15.8. The maximum atomic E-state index is 12.4. The molecule has 0 radical (unpaired) electrons. The molecule has 0 unspecified atom stereocenters. The van der Waals surface area contributed by atoms with Crippen molar-refractivity contribution < 1.29 is 14.3 Å². The first kappa shape index (κ1) is 19.0. The first-order valence-corrected chi connectivity index (χ1v) is 9.45. The van der Waals surface area contributed by atoms with Crippen molar-refractivity contribution in [2.75, 3.05) is 32.8 Å². The molecule has 1 aliphatic heterocycles. The fourth-order valence-corrected chi connectivity index (χ4v) is 3.13. The number of hydrogen-bond acceptors (Lipinski definition) is 3. The fraction of sp³-hybridized carbons (Fsp3) is 0.364. The third-order valence-electron chi connectivity index (χ3n) is 4.77. The monoisotopic (exact) mass is 366 g/mol. The van der Waals surface area contributed by atoms with E-state index in [1.54, 1.807) is 0 Å². The number of ether oxygens (including phenoxy) is 1. The van der Waals surface area contributed by atoms with E-state index in [9.17, 15) is 9.59 Å². The van der Waals surface area contributed by atoms with Gasteiger partial charge in [0.2, 0.25) is 5.91 Å². The third-order valence-corrected chi connectivity index (χ3v) is 4.77. The van der Waals surface area contributed by atoms with Gasteiger partial charge in [0.15, 0.2) is 0 Å². The van der Waals surface area contributed by atoms with Gasteiger partial charge in [-0.25, -0.2) is 0 Å². The van der Waals surface area contributed by atoms with Crippen LogP contribution in [0.3, 0.4) is 0 Å². The Labute approximate surface area is 160 Å². The van der Waals surface area contributed by atoms with Gasteiger partial charge in [0.1, 0.15) is 5.75 Å². The predicted octanol–water partition coefficient (Wildman–Crippen LogP) is 3.14. The van der Waals surface area contributed by atoms with Gasteiger partial charge >= 0.3 is 0 Å². The third kappa shape index (κ3) is 5.33. The second-order valence-electron chi connectivity index (χ2n) is 6.80. The van der Waals surface area contributed by atoms with Gasteiger partial charge in [-0.15, -0.1) is 0 Å². The number of nitrogens with zero attached hydrogens (tertiary/aromatic N) is 2. The minimum Gasteiger partial charge on any atom is -0.494 e. The van der Waals surface area contributed by atoms with Crippen LogP contribution in [0.15, 0.2) is 54.6 Å². The lowest BCUT2D eigenvalue weighted by Gasteiger charge is -2.35. The number of hydrogen-bond donors (Lipinski definition) is 0. The van der Waals surface area contributed by atoms with Gasteiger partial charge in [0.25, 0.3) is 5.91 Å². The van der Waals surface area contributed by atoms with E-state index >= 15 is 0 Å². The molecule has 142 valence electrons. The molecule has 1 heterocycles. The second kappa shape index (κ2) is 9.21. The van der Waals surface area contributed by atoms with E-state index < -0.39 is 0 Å². The number of aryl methyl sites for hydroxylation is 1. The first-order valence-electron chi connectivity index (χ1n) is 9.45. The summed E-state index contributed by atoms with van der Waals surface area (Å²) in [6.45, 7) is 4.92. The Balaban J connectivity index is 1.37. The van der Waals surface area contributed by atoms with Crippen molar-refractivity contribution in [3.63, 3.8) is 0 Å². The van der Waals surface area contributed by atoms with Crippen molar-refractivity contribution in [1.82, 2.24) is 9.80 Å². The van der Waals surface area contributed by atoms with Gasteiger partial charge < -0.3 is 14.5 Å². The average molecular weight is 366 g/mol. The lowest BCUT2D eigenvalue weighted by atomic mass is 10.1. The molecule has 0 N–H and O–H groups in total. The zero-order chi connectivity index (χ0) is 19.1. The van der Waals surface area contributed by atoms with Crippen LogP contribution in [0.1, 0.15) is 28.8 Å². The number of piperazine rings is 1. The summed E-state index contributed by atoms with van der Waals surface area (Å²) >= 11 is 0. The molecule has 2 aromatic carbocycles. The molecule has 1 fully saturated rings. The molecule has 5 nitrogen and oxygen atoms in total. The van der Waals surface area contributed by atoms with Gasteiger partial charge in [-0.3, -0.25) is 9.59 Å². The van der Waals surface area contributed by atoms with Crippen molar-refractivity contribution in [3.8, 4) is 5.75 Å². The van der Waals surface area contributed by atoms with Crippen molar-refractivity contribution in [1.29, 1.82) is 0 Å². The molecule has 27 heavy (non-hydrogen) atoms. The molecule has 0 saturated carbocycles. The highest BCUT2D eigenvalue weighted by Gasteiger charge is 2.24. The van der Waals surface area contributed by atoms with Crippen LogP contribution in [0.2, 0.25) is 0 Å². The van der Waals surface area contributed by atoms with Crippen LogP contribution in [0.25, 0.3) is 0 Å². The molecule has 0 aromatic heterocycles. The van der Waals surface area contributed by atoms with Gasteiger partial charge in [-0.05, 0) is 37.6 Å². The summed E-state index contributed by atoms with van der Waals surface area (Å²) in [5, 5.41) is 0. The van der Waals surface area contributed by atoms with Gasteiger partial charge in [-0.1, -0.05) is 35.9 Å². The van der Waals surface area contributed by atoms with E-state index in [4.69, 9.17) is 4.74 Å². The molecule has 3 rings (SSSR count). The van der Waals surface area contributed by atoms with Gasteiger partial charge in [0, 0.05) is 38.2 Å². The van der Waals surface area contributed by atoms with E-state index in [0.717, 1.165) is 5.75 Å². The number of carbonyl (C=O) groups is 2. The normalized spacial score (nSPS) is 14.1. The quantitative estimate of drug-likeness (QED) is 0.738. The molecule has 0 aliphatic carbocycles. The Bertz CT molecular complexity index is 751. The van der Waals surface area contributed by atoms with Crippen LogP contribution in [0, 0.1) is 6.92 Å². The van der Waals surface area contributed by atoms with E-state index in [1.165, 1.54) is 5.56 Å². The number of rotatable bonds is 6. The summed E-state index contributed by atoms with van der Waals surface area (Å²) in [5.74, 6) is 1.00. The van der Waals surface area contributed by atoms with Crippen LogP contribution in [-0.4, -0.2) is 54.4 Å². The Morgan fingerprint density at radius 3 is 2.19 bits per heavy atom. The van der Waals surface area contributed by atoms with Crippen molar-refractivity contribution in [2.24, 2.45) is 0 Å². The Kier molecular flexibility index (Phi) is 6.47. The smallest absolute Gasteiger partial charge is 0.253 e. The summed E-state index contributed by atoms with van der Waals surface area (Å²) < 4.78 is 5.67. The van der Waals surface area contributed by atoms with Gasteiger partial charge in [0.05, 0.1) is 6.61 Å². The maximum absolute atomic E-state index is 12.4. The number of benzene rings is 2. The Hall–Kier alpha value is -2.82. The van der Waals surface area contributed by atoms with Crippen molar-refractivity contribution in [3.05, 3.63) is 65.7 Å². The lowest BCUT2D eigenvalue weighted by Crippen LogP contribution is -2.50. The number of carbonyl (C=O) groups excluding carboxylic acids is 2. The van der Waals surface area contributed by atoms with E-state index in [-0.39, 0.29) is 11.8 Å². The lowest BCUT2D eigenvalue weighted by molar-refractivity contribution is -0.132. The molecule has 2 amide bonds. The zero-order valence-corrected chi connectivity index (χ0v) is 15.8. The molecule has 1 saturated heterocycles. The Morgan fingerprint density at radius 2 is 1.52 bits per heavy atom. The summed E-state index contributed by atoms with van der Waals surface area (Å²) in [5.41, 5.74) is 1.90. The summed E-state index contributed by atoms with van der Waals surface area (Å²) in [6.07, 6.45) is 1.16. The SMILES string of the molecule is Cc1ccc(OCCCC(=O)N2CCN(C(=O)c3ccccc3)CC2)cc1. The standard InChI is InChI=1S/C22H26N2O3/c1-18-9-11-20(12-10-18)27-17-5-8-21(25)23-13-15-24(16-14-23)22(26)19-6-3-2-4-7-19/h2-4,6-7,9-12H,5,8,13-17H2,1H3. The summed E-state index contributed by atoms with van der Waals surface area (Å²) in [6, 6.07) is 17.2. The van der Waals surface area contributed by atoms with E-state index in [0.29, 0.717) is 51.2 Å². The molecule has 2 aromatic rings. The van der Waals surface area contributed by atoms with Crippen LogP contribution >= 0.6 is 0 Å². The molecule has 5 heteroatoms. The summed E-state index contributed by atoms with van der Waals surface area (Å²) in [4.78, 5) is 28.5. The largest absolute Gasteiger partial charge is 0.494 e. The fourth-order valence-electron chi connectivity index (χ4n) is 3.13. The highest BCUT2D eigenvalue weighted by Crippen LogP contribution is 2.13.